The number of hydrogen-bond acceptors (Lipinski definition) is 20. The Balaban J connectivity index is 1.03. The van der Waals surface area contributed by atoms with E-state index in [1.165, 1.54) is 0 Å². The van der Waals surface area contributed by atoms with Crippen LogP contribution in [-0.4, -0.2) is 126 Å². The van der Waals surface area contributed by atoms with E-state index >= 15 is 0 Å². The molecule has 0 spiro atoms. The van der Waals surface area contributed by atoms with E-state index in [0.717, 1.165) is 80.3 Å². The number of methoxy groups -OCH3 is 2. The van der Waals surface area contributed by atoms with E-state index in [2.05, 4.69) is 45.8 Å². The molecule has 0 bridgehead atoms. The highest BCUT2D eigenvalue weighted by Crippen LogP contribution is 2.37. The number of pyridine rings is 4. The minimum atomic E-state index is 0.381. The molecular formula is C42H40N18O2. The van der Waals surface area contributed by atoms with Gasteiger partial charge in [0, 0.05) is 101 Å². The number of hydrazine groups is 1. The summed E-state index contributed by atoms with van der Waals surface area (Å²) in [6.45, 7) is 6.46. The van der Waals surface area contributed by atoms with E-state index in [0.29, 0.717) is 68.6 Å². The fourth-order valence-corrected chi connectivity index (χ4v) is 7.58. The molecule has 2 saturated heterocycles. The van der Waals surface area contributed by atoms with Crippen LogP contribution in [0, 0.1) is 0 Å². The Hall–Kier alpha value is -7.84. The molecule has 8 aromatic rings. The van der Waals surface area contributed by atoms with Gasteiger partial charge in [-0.2, -0.15) is 0 Å². The molecule has 2 aliphatic heterocycles. The molecule has 62 heavy (non-hydrogen) atoms. The molecule has 310 valence electrons. The lowest BCUT2D eigenvalue weighted by atomic mass is 10.1. The minimum Gasteiger partial charge on any atom is -0.494 e. The third kappa shape index (κ3) is 7.47. The molecule has 0 atom stereocenters. The average Bonchev–Trinajstić information content (AvgIpc) is 3.35. The summed E-state index contributed by atoms with van der Waals surface area (Å²) in [6.07, 6.45) is 18.3. The molecule has 10 rings (SSSR count). The maximum absolute atomic E-state index is 5.73. The lowest BCUT2D eigenvalue weighted by Crippen LogP contribution is -2.44. The van der Waals surface area contributed by atoms with Crippen molar-refractivity contribution in [2.75, 3.05) is 86.8 Å². The second-order valence-corrected chi connectivity index (χ2v) is 14.3. The fourth-order valence-electron chi connectivity index (χ4n) is 7.58. The van der Waals surface area contributed by atoms with Crippen LogP contribution in [0.5, 0.6) is 11.5 Å². The summed E-state index contributed by atoms with van der Waals surface area (Å²) in [7, 11) is 3.26. The van der Waals surface area contributed by atoms with E-state index in [4.69, 9.17) is 49.3 Å². The summed E-state index contributed by atoms with van der Waals surface area (Å²) in [5, 5.41) is 10.1. The zero-order valence-electron chi connectivity index (χ0n) is 33.8. The van der Waals surface area contributed by atoms with Crippen LogP contribution in [0.3, 0.4) is 0 Å². The summed E-state index contributed by atoms with van der Waals surface area (Å²) in [6, 6.07) is 7.52. The SMILES string of the molecule is COc1cncc2nc(-c3ccnc(-c4nccnc4NN(c4cnccn4)c4cc(-c5nc(N6CCNCC6)c6c(OC)cncc6n5)ccn4)c3)nc(N3CCNCC3)c12. The largest absolute Gasteiger partial charge is 0.494 e. The summed E-state index contributed by atoms with van der Waals surface area (Å²) in [5.41, 5.74) is 7.19. The molecule has 0 amide bonds. The first kappa shape index (κ1) is 38.4. The van der Waals surface area contributed by atoms with Gasteiger partial charge in [0.25, 0.3) is 0 Å². The summed E-state index contributed by atoms with van der Waals surface area (Å²) in [4.78, 5) is 61.4. The highest BCUT2D eigenvalue weighted by molar-refractivity contribution is 5.97. The molecule has 0 aliphatic carbocycles. The Kier molecular flexibility index (Phi) is 10.5. The smallest absolute Gasteiger partial charge is 0.173 e. The number of anilines is 5. The topological polar surface area (TPSA) is 219 Å². The van der Waals surface area contributed by atoms with Gasteiger partial charge in [0.15, 0.2) is 29.1 Å². The van der Waals surface area contributed by atoms with E-state index in [9.17, 15) is 0 Å². The zero-order valence-corrected chi connectivity index (χ0v) is 33.8. The van der Waals surface area contributed by atoms with Crippen molar-refractivity contribution in [2.45, 2.75) is 0 Å². The monoisotopic (exact) mass is 828 g/mol. The number of fused-ring (bicyclic) bond motifs is 2. The lowest BCUT2D eigenvalue weighted by Gasteiger charge is -2.30. The quantitative estimate of drug-likeness (QED) is 0.158. The van der Waals surface area contributed by atoms with Crippen molar-refractivity contribution < 1.29 is 9.47 Å². The zero-order chi connectivity index (χ0) is 41.8. The van der Waals surface area contributed by atoms with Crippen molar-refractivity contribution >= 4 is 50.9 Å². The van der Waals surface area contributed by atoms with Crippen molar-refractivity contribution in [3.63, 3.8) is 0 Å². The molecule has 8 aromatic heterocycles. The van der Waals surface area contributed by atoms with Crippen molar-refractivity contribution in [2.24, 2.45) is 0 Å². The molecule has 3 N–H and O–H groups in total. The van der Waals surface area contributed by atoms with Gasteiger partial charge in [-0.15, -0.1) is 0 Å². The standard InChI is InChI=1S/C42H40N18O2/c1-61-31-23-46-21-29-35(31)41(58-15-11-43-12-16-58)55-38(53-29)26-3-5-48-28(19-26)37-40(52-10-9-51-37)57-60(34-25-45-7-8-50-34)33-20-27(4-6-49-33)39-54-30-22-47-24-32(62-2)36(30)42(56-39)59-17-13-44-14-18-59/h3-10,19-25,43-44H,11-18H2,1-2H3,(H,52,57). The Morgan fingerprint density at radius 2 is 1.13 bits per heavy atom. The van der Waals surface area contributed by atoms with Crippen molar-refractivity contribution in [3.8, 4) is 45.7 Å². The van der Waals surface area contributed by atoms with Crippen LogP contribution in [0.15, 0.2) is 92.4 Å². The number of hydrogen-bond donors (Lipinski definition) is 3. The van der Waals surface area contributed by atoms with E-state index in [1.807, 2.05) is 24.3 Å². The van der Waals surface area contributed by atoms with Crippen LogP contribution in [-0.2, 0) is 0 Å². The lowest BCUT2D eigenvalue weighted by molar-refractivity contribution is 0.417. The predicted molar refractivity (Wildman–Crippen MR) is 233 cm³/mol. The van der Waals surface area contributed by atoms with Gasteiger partial charge < -0.3 is 29.9 Å². The van der Waals surface area contributed by atoms with Crippen LogP contribution in [0.4, 0.5) is 29.1 Å². The van der Waals surface area contributed by atoms with Crippen LogP contribution in [0.25, 0.3) is 56.0 Å². The van der Waals surface area contributed by atoms with Gasteiger partial charge >= 0.3 is 0 Å². The molecule has 10 heterocycles. The molecule has 2 aliphatic rings. The highest BCUT2D eigenvalue weighted by Gasteiger charge is 2.24. The van der Waals surface area contributed by atoms with Crippen LogP contribution >= 0.6 is 0 Å². The second kappa shape index (κ2) is 17.0. The van der Waals surface area contributed by atoms with Crippen LogP contribution in [0.2, 0.25) is 0 Å². The van der Waals surface area contributed by atoms with Crippen LogP contribution < -0.4 is 40.3 Å². The van der Waals surface area contributed by atoms with Crippen LogP contribution in [0.1, 0.15) is 0 Å². The minimum absolute atomic E-state index is 0.381. The Labute approximate surface area is 354 Å². The first-order valence-corrected chi connectivity index (χ1v) is 20.0. The molecule has 0 unspecified atom stereocenters. The number of ether oxygens (including phenoxy) is 2. The van der Waals surface area contributed by atoms with Crippen molar-refractivity contribution in [1.82, 2.24) is 70.4 Å². The summed E-state index contributed by atoms with van der Waals surface area (Å²) < 4.78 is 11.4. The number of nitrogens with zero attached hydrogens (tertiary/aromatic N) is 15. The fraction of sp³-hybridized carbons (Fsp3) is 0.238. The molecule has 0 aromatic carbocycles. The molecule has 0 saturated carbocycles. The first-order chi connectivity index (χ1) is 30.6. The van der Waals surface area contributed by atoms with E-state index in [-0.39, 0.29) is 0 Å². The Morgan fingerprint density at radius 1 is 0.565 bits per heavy atom. The van der Waals surface area contributed by atoms with Crippen molar-refractivity contribution in [1.29, 1.82) is 0 Å². The number of piperazine rings is 2. The maximum Gasteiger partial charge on any atom is 0.173 e. The molecule has 2 fully saturated rings. The van der Waals surface area contributed by atoms with Gasteiger partial charge in [0.05, 0.1) is 72.7 Å². The molecular weight excluding hydrogens is 789 g/mol. The Bertz CT molecular complexity index is 2880. The molecule has 20 heteroatoms. The third-order valence-electron chi connectivity index (χ3n) is 10.6. The second-order valence-electron chi connectivity index (χ2n) is 14.3. The normalized spacial score (nSPS) is 14.2. The maximum atomic E-state index is 5.73. The van der Waals surface area contributed by atoms with Gasteiger partial charge in [0.2, 0.25) is 0 Å². The number of rotatable bonds is 11. The summed E-state index contributed by atoms with van der Waals surface area (Å²) >= 11 is 0. The van der Waals surface area contributed by atoms with Crippen molar-refractivity contribution in [3.05, 3.63) is 92.4 Å². The highest BCUT2D eigenvalue weighted by atomic mass is 16.5. The van der Waals surface area contributed by atoms with Gasteiger partial charge in [-0.05, 0) is 24.3 Å². The summed E-state index contributed by atoms with van der Waals surface area (Å²) in [5.74, 6) is 5.08. The van der Waals surface area contributed by atoms with E-state index in [1.54, 1.807) is 87.4 Å². The first-order valence-electron chi connectivity index (χ1n) is 20.0. The third-order valence-corrected chi connectivity index (χ3v) is 10.6. The van der Waals surface area contributed by atoms with E-state index < -0.39 is 0 Å². The van der Waals surface area contributed by atoms with Gasteiger partial charge in [-0.25, -0.2) is 44.9 Å². The van der Waals surface area contributed by atoms with Gasteiger partial charge in [0.1, 0.15) is 28.8 Å². The number of nitrogens with one attached hydrogen (secondary N) is 3. The molecule has 0 radical (unpaired) electrons. The predicted octanol–water partition coefficient (Wildman–Crippen LogP) is 3.74. The Morgan fingerprint density at radius 3 is 1.73 bits per heavy atom. The van der Waals surface area contributed by atoms with Gasteiger partial charge in [-0.3, -0.25) is 25.4 Å². The van der Waals surface area contributed by atoms with Gasteiger partial charge in [-0.1, -0.05) is 0 Å². The average molecular weight is 829 g/mol. The number of aromatic nitrogens is 12. The molecule has 20 nitrogen and oxygen atoms in total.